The van der Waals surface area contributed by atoms with E-state index in [1.807, 2.05) is 41.5 Å². The normalized spacial score (nSPS) is 18.6. The molecule has 4 amide bonds. The average Bonchev–Trinajstić information content (AvgIpc) is 2.91. The molecule has 0 heterocycles. The molecule has 5 N–H and O–H groups in total. The highest BCUT2D eigenvalue weighted by molar-refractivity contribution is 5.91. The van der Waals surface area contributed by atoms with E-state index in [1.165, 1.54) is 19.3 Å². The van der Waals surface area contributed by atoms with Gasteiger partial charge in [0.25, 0.3) is 0 Å². The number of amides is 4. The number of rotatable bonds is 16. The zero-order valence-electron chi connectivity index (χ0n) is 27.7. The molecule has 0 spiro atoms. The molecule has 1 rings (SSSR count). The second-order valence-corrected chi connectivity index (χ2v) is 13.7. The maximum Gasteiger partial charge on any atom is 0.408 e. The molecular weight excluding hydrogens is 536 g/mol. The van der Waals surface area contributed by atoms with E-state index in [9.17, 15) is 24.3 Å². The van der Waals surface area contributed by atoms with Crippen molar-refractivity contribution in [3.63, 3.8) is 0 Å². The molecule has 10 heteroatoms. The molecule has 0 saturated heterocycles. The van der Waals surface area contributed by atoms with Crippen LogP contribution in [0.5, 0.6) is 0 Å². The molecule has 10 nitrogen and oxygen atoms in total. The molecule has 1 aliphatic rings. The summed E-state index contributed by atoms with van der Waals surface area (Å²) in [7, 11) is 0. The third kappa shape index (κ3) is 14.2. The molecule has 42 heavy (non-hydrogen) atoms. The number of aliphatic hydroxyl groups is 1. The molecule has 244 valence electrons. The highest BCUT2D eigenvalue weighted by Gasteiger charge is 2.35. The molecule has 1 fully saturated rings. The molecule has 0 bridgehead atoms. The first-order chi connectivity index (χ1) is 19.6. The fraction of sp³-hybridized carbons (Fsp3) is 0.875. The number of hydrogen-bond donors (Lipinski definition) is 5. The average molecular weight is 597 g/mol. The Bertz CT molecular complexity index is 852. The van der Waals surface area contributed by atoms with E-state index in [0.717, 1.165) is 12.8 Å². The van der Waals surface area contributed by atoms with Gasteiger partial charge in [0.05, 0.1) is 18.6 Å². The van der Waals surface area contributed by atoms with Crippen molar-refractivity contribution in [3.05, 3.63) is 0 Å². The number of nitrogens with one attached hydrogen (secondary N) is 4. The van der Waals surface area contributed by atoms with Gasteiger partial charge in [-0.15, -0.1) is 0 Å². The van der Waals surface area contributed by atoms with Crippen LogP contribution in [-0.2, 0) is 19.1 Å². The molecule has 1 aliphatic carbocycles. The minimum Gasteiger partial charge on any atom is -0.444 e. The summed E-state index contributed by atoms with van der Waals surface area (Å²) < 4.78 is 5.36. The zero-order valence-corrected chi connectivity index (χ0v) is 27.7. The Balaban J connectivity index is 2.97. The van der Waals surface area contributed by atoms with Crippen molar-refractivity contribution < 1.29 is 29.0 Å². The number of aliphatic hydroxyl groups excluding tert-OH is 1. The number of carbonyl (C=O) groups excluding carboxylic acids is 4. The van der Waals surface area contributed by atoms with Crippen molar-refractivity contribution in [1.82, 2.24) is 21.3 Å². The minimum absolute atomic E-state index is 0.110. The van der Waals surface area contributed by atoms with Gasteiger partial charge in [-0.1, -0.05) is 73.6 Å². The van der Waals surface area contributed by atoms with Gasteiger partial charge in [0.2, 0.25) is 17.7 Å². The Morgan fingerprint density at radius 2 is 1.36 bits per heavy atom. The minimum atomic E-state index is -1.07. The molecule has 0 aromatic heterocycles. The third-order valence-corrected chi connectivity index (χ3v) is 8.19. The molecule has 0 radical (unpaired) electrons. The van der Waals surface area contributed by atoms with Gasteiger partial charge >= 0.3 is 6.09 Å². The van der Waals surface area contributed by atoms with E-state index >= 15 is 0 Å². The lowest BCUT2D eigenvalue weighted by Crippen LogP contribution is -2.59. The van der Waals surface area contributed by atoms with E-state index in [1.54, 1.807) is 20.8 Å². The number of carbonyl (C=O) groups is 4. The Hall–Kier alpha value is -2.36. The topological polar surface area (TPSA) is 146 Å². The molecule has 0 aromatic carbocycles. The fourth-order valence-electron chi connectivity index (χ4n) is 5.23. The van der Waals surface area contributed by atoms with Crippen LogP contribution in [0.3, 0.4) is 0 Å². The van der Waals surface area contributed by atoms with Crippen molar-refractivity contribution >= 4 is 23.8 Å². The van der Waals surface area contributed by atoms with Crippen molar-refractivity contribution in [1.29, 1.82) is 0 Å². The van der Waals surface area contributed by atoms with Crippen molar-refractivity contribution in [2.45, 2.75) is 150 Å². The quantitative estimate of drug-likeness (QED) is 0.178. The van der Waals surface area contributed by atoms with Crippen LogP contribution in [0, 0.1) is 23.7 Å². The first-order valence-electron chi connectivity index (χ1n) is 16.1. The maximum atomic E-state index is 13.6. The summed E-state index contributed by atoms with van der Waals surface area (Å²) in [6.07, 6.45) is 5.69. The van der Waals surface area contributed by atoms with Crippen molar-refractivity contribution in [2.75, 3.05) is 6.54 Å². The SMILES string of the molecule is CC[C@H](C)[C@H](NC(=O)OC(C)(C)C)C(=O)N[C@H](C(=O)N[C@@H](CC(C)C)C(O)CC(=O)NCC1CCCCC1)[C@@H](C)CC. The molecule has 1 unspecified atom stereocenters. The monoisotopic (exact) mass is 596 g/mol. The van der Waals surface area contributed by atoms with E-state index in [2.05, 4.69) is 21.3 Å². The van der Waals surface area contributed by atoms with Crippen LogP contribution < -0.4 is 21.3 Å². The Morgan fingerprint density at radius 3 is 1.86 bits per heavy atom. The Kier molecular flexibility index (Phi) is 16.4. The van der Waals surface area contributed by atoms with Gasteiger partial charge in [0.1, 0.15) is 17.7 Å². The van der Waals surface area contributed by atoms with Crippen LogP contribution in [0.15, 0.2) is 0 Å². The summed E-state index contributed by atoms with van der Waals surface area (Å²) in [5.41, 5.74) is -0.723. The van der Waals surface area contributed by atoms with Crippen LogP contribution in [0.2, 0.25) is 0 Å². The van der Waals surface area contributed by atoms with Crippen LogP contribution >= 0.6 is 0 Å². The number of hydrogen-bond acceptors (Lipinski definition) is 6. The zero-order chi connectivity index (χ0) is 32.0. The summed E-state index contributed by atoms with van der Waals surface area (Å²) in [6.45, 7) is 17.4. The van der Waals surface area contributed by atoms with Gasteiger partial charge in [0, 0.05) is 6.54 Å². The third-order valence-electron chi connectivity index (χ3n) is 8.19. The van der Waals surface area contributed by atoms with Gasteiger partial charge in [0.15, 0.2) is 0 Å². The predicted molar refractivity (Wildman–Crippen MR) is 166 cm³/mol. The summed E-state index contributed by atoms with van der Waals surface area (Å²) >= 11 is 0. The lowest BCUT2D eigenvalue weighted by Gasteiger charge is -2.32. The smallest absolute Gasteiger partial charge is 0.408 e. The molecular formula is C32H60N4O6. The fourth-order valence-corrected chi connectivity index (χ4v) is 5.23. The molecule has 6 atom stereocenters. The van der Waals surface area contributed by atoms with Gasteiger partial charge in [-0.25, -0.2) is 4.79 Å². The highest BCUT2D eigenvalue weighted by atomic mass is 16.6. The first-order valence-corrected chi connectivity index (χ1v) is 16.1. The van der Waals surface area contributed by atoms with Gasteiger partial charge in [-0.05, 0) is 63.7 Å². The van der Waals surface area contributed by atoms with E-state index in [0.29, 0.717) is 31.7 Å². The lowest BCUT2D eigenvalue weighted by atomic mass is 9.89. The van der Waals surface area contributed by atoms with Gasteiger partial charge in [-0.3, -0.25) is 14.4 Å². The highest BCUT2D eigenvalue weighted by Crippen LogP contribution is 2.23. The summed E-state index contributed by atoms with van der Waals surface area (Å²) in [5, 5.41) is 22.5. The summed E-state index contributed by atoms with van der Waals surface area (Å²) in [4.78, 5) is 52.2. The Morgan fingerprint density at radius 1 is 0.833 bits per heavy atom. The number of ether oxygens (including phenoxy) is 1. The second kappa shape index (κ2) is 18.3. The van der Waals surface area contributed by atoms with E-state index in [-0.39, 0.29) is 30.1 Å². The Labute approximate surface area is 254 Å². The summed E-state index contributed by atoms with van der Waals surface area (Å²) in [5.74, 6) is -0.921. The van der Waals surface area contributed by atoms with Crippen LogP contribution in [-0.4, -0.2) is 65.3 Å². The van der Waals surface area contributed by atoms with Gasteiger partial charge < -0.3 is 31.1 Å². The van der Waals surface area contributed by atoms with Crippen LogP contribution in [0.4, 0.5) is 4.79 Å². The second-order valence-electron chi connectivity index (χ2n) is 13.7. The van der Waals surface area contributed by atoms with Crippen molar-refractivity contribution in [2.24, 2.45) is 23.7 Å². The maximum absolute atomic E-state index is 13.6. The largest absolute Gasteiger partial charge is 0.444 e. The molecule has 0 aliphatic heterocycles. The molecule has 1 saturated carbocycles. The number of alkyl carbamates (subject to hydrolysis) is 1. The van der Waals surface area contributed by atoms with E-state index in [4.69, 9.17) is 4.74 Å². The van der Waals surface area contributed by atoms with Crippen LogP contribution in [0.1, 0.15) is 120 Å². The molecule has 0 aromatic rings. The summed E-state index contributed by atoms with van der Waals surface area (Å²) in [6, 6.07) is -2.45. The lowest BCUT2D eigenvalue weighted by molar-refractivity contribution is -0.133. The van der Waals surface area contributed by atoms with Gasteiger partial charge in [-0.2, -0.15) is 0 Å². The first kappa shape index (κ1) is 37.7. The van der Waals surface area contributed by atoms with Crippen molar-refractivity contribution in [3.8, 4) is 0 Å². The predicted octanol–water partition coefficient (Wildman–Crippen LogP) is 4.44. The van der Waals surface area contributed by atoms with E-state index < -0.39 is 47.7 Å². The van der Waals surface area contributed by atoms with Crippen LogP contribution in [0.25, 0.3) is 0 Å². The standard InChI is InChI=1S/C32H60N4O6/c1-10-21(5)27(35-30(40)28(22(6)11-2)36-31(41)42-32(7,8)9)29(39)34-24(17-20(3)4)25(37)18-26(38)33-19-23-15-13-12-14-16-23/h20-25,27-28,37H,10-19H2,1-9H3,(H,33,38)(H,34,39)(H,35,40)(H,36,41)/t21-,22-,24-,25?,27-,28-/m0/s1.